The van der Waals surface area contributed by atoms with Crippen LogP contribution in [0.4, 0.5) is 5.69 Å². The number of nitrogens with zero attached hydrogens (tertiary/aromatic N) is 1. The number of aliphatic hydroxyl groups is 2. The van der Waals surface area contributed by atoms with Gasteiger partial charge in [-0.1, -0.05) is 0 Å². The van der Waals surface area contributed by atoms with E-state index in [0.717, 1.165) is 6.26 Å². The molecule has 11 nitrogen and oxygen atoms in total. The minimum Gasteiger partial charge on any atom is -0.511 e. The van der Waals surface area contributed by atoms with Gasteiger partial charge < -0.3 is 26.0 Å². The summed E-state index contributed by atoms with van der Waals surface area (Å²) in [4.78, 5) is 40.4. The number of Topliss-reactive ketones (excluding diaryl/α,β-unsaturated/α-hetero) is 2. The van der Waals surface area contributed by atoms with E-state index >= 15 is 0 Å². The molecule has 0 spiro atoms. The van der Waals surface area contributed by atoms with Gasteiger partial charge >= 0.3 is 0 Å². The van der Waals surface area contributed by atoms with Gasteiger partial charge in [0.25, 0.3) is 5.91 Å². The summed E-state index contributed by atoms with van der Waals surface area (Å²) < 4.78 is 25.1. The number of anilines is 1. The summed E-state index contributed by atoms with van der Waals surface area (Å²) in [5.74, 6) is -5.70. The number of hydrogen-bond donors (Lipinski definition) is 5. The first-order chi connectivity index (χ1) is 17.2. The minimum atomic E-state index is -3.36. The fourth-order valence-corrected chi connectivity index (χ4v) is 6.38. The van der Waals surface area contributed by atoms with Gasteiger partial charge in [0.05, 0.1) is 17.7 Å². The summed E-state index contributed by atoms with van der Waals surface area (Å²) in [6.45, 7) is 0.155. The number of primary amides is 1. The lowest BCUT2D eigenvalue weighted by Crippen LogP contribution is -2.43. The van der Waals surface area contributed by atoms with E-state index in [-0.39, 0.29) is 29.9 Å². The number of carbonyl (C=O) groups is 3. The zero-order chi connectivity index (χ0) is 27.4. The molecule has 1 amide bonds. The average molecular weight is 534 g/mol. The first-order valence-electron chi connectivity index (χ1n) is 12.0. The van der Waals surface area contributed by atoms with Gasteiger partial charge in [-0.25, -0.2) is 13.1 Å². The maximum absolute atomic E-state index is 13.8. The fraction of sp³-hybridized carbons (Fsp3) is 0.480. The molecule has 37 heavy (non-hydrogen) atoms. The number of aromatic hydroxyl groups is 1. The number of nitrogens with two attached hydrogens (primary N) is 1. The van der Waals surface area contributed by atoms with E-state index < -0.39 is 62.3 Å². The van der Waals surface area contributed by atoms with Crippen LogP contribution in [0.3, 0.4) is 0 Å². The van der Waals surface area contributed by atoms with E-state index in [1.54, 1.807) is 20.2 Å². The molecule has 0 radical (unpaired) electrons. The molecule has 0 fully saturated rings. The number of allylic oxidation sites excluding steroid dienone is 3. The number of phenols is 1. The van der Waals surface area contributed by atoms with Gasteiger partial charge in [0.2, 0.25) is 10.0 Å². The van der Waals surface area contributed by atoms with Crippen LogP contribution in [0.1, 0.15) is 40.7 Å². The number of sulfonamides is 1. The molecule has 200 valence electrons. The molecular weight excluding hydrogens is 502 g/mol. The molecule has 0 saturated carbocycles. The largest absolute Gasteiger partial charge is 0.511 e. The summed E-state index contributed by atoms with van der Waals surface area (Å²) >= 11 is 0. The van der Waals surface area contributed by atoms with Crippen LogP contribution in [0.5, 0.6) is 5.75 Å². The summed E-state index contributed by atoms with van der Waals surface area (Å²) in [6.07, 6.45) is 2.35. The number of aliphatic hydroxyl groups excluding tert-OH is 2. The standard InChI is InChI=1S/C25H31N3O8S/c1-28(2)15-9-11(5-4-6-27-37(3,35)36)21(30)19-14(15)8-12-7-13-10-16(29)20(25(26)34)24(33)18(13)22(31)17(12)23(19)32/h9,12-13,18,27,29-31H,4-8,10H2,1-3H3,(H2,26,34). The molecule has 0 aromatic heterocycles. The highest BCUT2D eigenvalue weighted by atomic mass is 32.2. The lowest BCUT2D eigenvalue weighted by molar-refractivity contribution is -0.126. The van der Waals surface area contributed by atoms with Crippen molar-refractivity contribution >= 4 is 33.2 Å². The number of amides is 1. The lowest BCUT2D eigenvalue weighted by atomic mass is 9.62. The van der Waals surface area contributed by atoms with Gasteiger partial charge in [-0.2, -0.15) is 0 Å². The van der Waals surface area contributed by atoms with Gasteiger partial charge in [0.15, 0.2) is 11.6 Å². The van der Waals surface area contributed by atoms with Crippen LogP contribution in [0.25, 0.3) is 0 Å². The molecule has 12 heteroatoms. The maximum Gasteiger partial charge on any atom is 0.255 e. The Bertz CT molecular complexity index is 1380. The van der Waals surface area contributed by atoms with E-state index in [1.807, 2.05) is 4.90 Å². The second kappa shape index (κ2) is 9.49. The van der Waals surface area contributed by atoms with Crippen molar-refractivity contribution in [1.29, 1.82) is 0 Å². The molecule has 0 aliphatic heterocycles. The van der Waals surface area contributed by atoms with Crippen molar-refractivity contribution in [3.8, 4) is 5.75 Å². The molecule has 1 aromatic carbocycles. The van der Waals surface area contributed by atoms with Crippen molar-refractivity contribution in [3.05, 3.63) is 45.4 Å². The van der Waals surface area contributed by atoms with Crippen LogP contribution >= 0.6 is 0 Å². The molecule has 3 aliphatic rings. The van der Waals surface area contributed by atoms with E-state index in [0.29, 0.717) is 42.5 Å². The SMILES string of the molecule is CN(C)c1cc(CCCNS(C)(=O)=O)c(O)c2c1CC1CC3CC(O)=C(C(N)=O)C(=O)C3C(O)=C1C2=O. The Labute approximate surface area is 214 Å². The van der Waals surface area contributed by atoms with Crippen LogP contribution < -0.4 is 15.4 Å². The zero-order valence-corrected chi connectivity index (χ0v) is 21.7. The van der Waals surface area contributed by atoms with Crippen LogP contribution in [0.15, 0.2) is 28.7 Å². The van der Waals surface area contributed by atoms with Crippen LogP contribution in [-0.2, 0) is 32.5 Å². The summed E-state index contributed by atoms with van der Waals surface area (Å²) in [5.41, 5.74) is 6.58. The number of hydrogen-bond acceptors (Lipinski definition) is 9. The van der Waals surface area contributed by atoms with Crippen molar-refractivity contribution < 1.29 is 38.1 Å². The highest BCUT2D eigenvalue weighted by Gasteiger charge is 2.50. The summed E-state index contributed by atoms with van der Waals surface area (Å²) in [7, 11) is 0.247. The number of ketones is 2. The van der Waals surface area contributed by atoms with Gasteiger partial charge in [0.1, 0.15) is 22.8 Å². The van der Waals surface area contributed by atoms with E-state index in [1.165, 1.54) is 0 Å². The lowest BCUT2D eigenvalue weighted by Gasteiger charge is -2.41. The number of phenolic OH excluding ortho intramolecular Hbond substituents is 1. The van der Waals surface area contributed by atoms with Crippen LogP contribution in [0, 0.1) is 17.8 Å². The minimum absolute atomic E-state index is 0.0180. The van der Waals surface area contributed by atoms with Crippen molar-refractivity contribution in [2.75, 3.05) is 31.8 Å². The highest BCUT2D eigenvalue weighted by Crippen LogP contribution is 2.51. The van der Waals surface area contributed by atoms with Crippen molar-refractivity contribution in [2.45, 2.75) is 32.1 Å². The van der Waals surface area contributed by atoms with Gasteiger partial charge in [0, 0.05) is 38.3 Å². The number of nitrogens with one attached hydrogen (secondary N) is 1. The van der Waals surface area contributed by atoms with E-state index in [4.69, 9.17) is 5.73 Å². The molecule has 0 saturated heterocycles. The summed E-state index contributed by atoms with van der Waals surface area (Å²) in [6, 6.07) is 1.78. The third-order valence-electron chi connectivity index (χ3n) is 7.41. The topological polar surface area (TPSA) is 187 Å². The number of benzene rings is 1. The van der Waals surface area contributed by atoms with Crippen molar-refractivity contribution in [1.82, 2.24) is 4.72 Å². The summed E-state index contributed by atoms with van der Waals surface area (Å²) in [5, 5.41) is 32.6. The highest BCUT2D eigenvalue weighted by molar-refractivity contribution is 7.88. The Balaban J connectivity index is 1.76. The third-order valence-corrected chi connectivity index (χ3v) is 8.14. The van der Waals surface area contributed by atoms with Crippen LogP contribution in [-0.4, -0.2) is 68.1 Å². The molecule has 6 N–H and O–H groups in total. The Morgan fingerprint density at radius 2 is 1.86 bits per heavy atom. The van der Waals surface area contributed by atoms with Crippen molar-refractivity contribution in [2.24, 2.45) is 23.5 Å². The predicted molar refractivity (Wildman–Crippen MR) is 135 cm³/mol. The Morgan fingerprint density at radius 1 is 1.19 bits per heavy atom. The monoisotopic (exact) mass is 533 g/mol. The first kappa shape index (κ1) is 26.7. The van der Waals surface area contributed by atoms with Gasteiger partial charge in [-0.15, -0.1) is 0 Å². The van der Waals surface area contributed by atoms with Gasteiger partial charge in [-0.05, 0) is 54.7 Å². The number of aryl methyl sites for hydroxylation is 1. The number of rotatable bonds is 7. The fourth-order valence-electron chi connectivity index (χ4n) is 5.87. The predicted octanol–water partition coefficient (Wildman–Crippen LogP) is 1.01. The van der Waals surface area contributed by atoms with Crippen LogP contribution in [0.2, 0.25) is 0 Å². The van der Waals surface area contributed by atoms with E-state index in [2.05, 4.69) is 4.72 Å². The Kier molecular flexibility index (Phi) is 6.84. The van der Waals surface area contributed by atoms with Crippen molar-refractivity contribution in [3.63, 3.8) is 0 Å². The molecule has 3 atom stereocenters. The second-order valence-corrected chi connectivity index (χ2v) is 12.0. The normalized spacial score (nSPS) is 23.5. The van der Waals surface area contributed by atoms with Gasteiger partial charge in [-0.3, -0.25) is 14.4 Å². The molecule has 4 rings (SSSR count). The quantitative estimate of drug-likeness (QED) is 0.252. The molecule has 1 aromatic rings. The number of carbonyl (C=O) groups excluding carboxylic acids is 3. The third kappa shape index (κ3) is 4.71. The maximum atomic E-state index is 13.8. The Hall–Kier alpha value is -3.38. The zero-order valence-electron chi connectivity index (χ0n) is 20.9. The Morgan fingerprint density at radius 3 is 2.46 bits per heavy atom. The second-order valence-electron chi connectivity index (χ2n) is 10.2. The molecule has 0 bridgehead atoms. The average Bonchev–Trinajstić information content (AvgIpc) is 2.76. The molecule has 3 aliphatic carbocycles. The molecule has 0 heterocycles. The number of fused-ring (bicyclic) bond motifs is 3. The molecule has 3 unspecified atom stereocenters. The smallest absolute Gasteiger partial charge is 0.255 e. The molecular formula is C25H31N3O8S. The van der Waals surface area contributed by atoms with E-state index in [9.17, 15) is 38.1 Å². The first-order valence-corrected chi connectivity index (χ1v) is 13.9.